The lowest BCUT2D eigenvalue weighted by molar-refractivity contribution is -0.384. The quantitative estimate of drug-likeness (QED) is 0.163. The van der Waals surface area contributed by atoms with E-state index in [9.17, 15) is 19.7 Å². The van der Waals surface area contributed by atoms with Crippen LogP contribution in [-0.2, 0) is 16.1 Å². The monoisotopic (exact) mass is 585 g/mol. The molecule has 11 heteroatoms. The molecule has 0 fully saturated rings. The molecular weight excluding hydrogens is 558 g/mol. The second kappa shape index (κ2) is 12.2. The Kier molecular flexibility index (Phi) is 8.30. The van der Waals surface area contributed by atoms with Crippen molar-refractivity contribution >= 4 is 29.1 Å². The fourth-order valence-corrected chi connectivity index (χ4v) is 5.75. The van der Waals surface area contributed by atoms with Crippen molar-refractivity contribution in [2.24, 2.45) is 4.99 Å². The van der Waals surface area contributed by atoms with E-state index in [1.807, 2.05) is 30.3 Å². The highest BCUT2D eigenvalue weighted by molar-refractivity contribution is 7.07. The molecule has 0 radical (unpaired) electrons. The maximum absolute atomic E-state index is 13.9. The van der Waals surface area contributed by atoms with Gasteiger partial charge < -0.3 is 14.2 Å². The van der Waals surface area contributed by atoms with Crippen LogP contribution in [0.4, 0.5) is 5.69 Å². The van der Waals surface area contributed by atoms with Gasteiger partial charge in [0.1, 0.15) is 6.61 Å². The number of hydrogen-bond donors (Lipinski definition) is 0. The summed E-state index contributed by atoms with van der Waals surface area (Å²) in [6.07, 6.45) is 1.71. The van der Waals surface area contributed by atoms with Crippen molar-refractivity contribution in [1.82, 2.24) is 4.57 Å². The highest BCUT2D eigenvalue weighted by atomic mass is 32.1. The van der Waals surface area contributed by atoms with E-state index < -0.39 is 16.9 Å². The molecule has 0 unspecified atom stereocenters. The van der Waals surface area contributed by atoms with Gasteiger partial charge in [0, 0.05) is 17.7 Å². The molecule has 0 amide bonds. The number of nitrogens with zero attached hydrogens (tertiary/aromatic N) is 3. The number of para-hydroxylation sites is 1. The number of thiazole rings is 1. The van der Waals surface area contributed by atoms with Gasteiger partial charge in [0.25, 0.3) is 11.2 Å². The molecule has 2 heterocycles. The third-order valence-corrected chi connectivity index (χ3v) is 7.66. The number of methoxy groups -OCH3 is 1. The summed E-state index contributed by atoms with van der Waals surface area (Å²) in [5.74, 6) is 0.352. The summed E-state index contributed by atoms with van der Waals surface area (Å²) in [4.78, 5) is 42.6. The van der Waals surface area contributed by atoms with Gasteiger partial charge in [0.2, 0.25) is 0 Å². The van der Waals surface area contributed by atoms with E-state index >= 15 is 0 Å². The summed E-state index contributed by atoms with van der Waals surface area (Å²) < 4.78 is 18.9. The number of allylic oxidation sites excluding steroid dienone is 1. The standard InChI is InChI=1S/C31H27N3O7S/c1-4-40-30(36)26-19(2)32-31-33(27(26)21-9-6-5-7-10-21)29(35)25(42-31)17-22-11-8-12-24(39-3)28(22)41-18-20-13-15-23(16-14-20)34(37)38/h5-17,27H,4,18H2,1-3H3/b25-17+/t27-/m1/s1. The van der Waals surface area contributed by atoms with E-state index in [2.05, 4.69) is 4.99 Å². The zero-order valence-corrected chi connectivity index (χ0v) is 23.9. The van der Waals surface area contributed by atoms with Crippen molar-refractivity contribution in [2.75, 3.05) is 13.7 Å². The summed E-state index contributed by atoms with van der Waals surface area (Å²) in [7, 11) is 1.52. The number of rotatable bonds is 9. The van der Waals surface area contributed by atoms with Crippen LogP contribution >= 0.6 is 11.3 Å². The van der Waals surface area contributed by atoms with Gasteiger partial charge >= 0.3 is 5.97 Å². The van der Waals surface area contributed by atoms with Gasteiger partial charge in [-0.1, -0.05) is 53.8 Å². The SMILES string of the molecule is CCOC(=O)C1=C(C)N=c2s/c(=C/c3cccc(OC)c3OCc3ccc([N+](=O)[O-])cc3)c(=O)n2[C@@H]1c1ccccc1. The predicted octanol–water partition coefficient (Wildman–Crippen LogP) is 4.29. The van der Waals surface area contributed by atoms with E-state index in [-0.39, 0.29) is 24.5 Å². The molecule has 3 aromatic carbocycles. The second-order valence-electron chi connectivity index (χ2n) is 9.30. The first-order valence-corrected chi connectivity index (χ1v) is 13.9. The normalized spacial score (nSPS) is 14.6. The van der Waals surface area contributed by atoms with Gasteiger partial charge in [-0.3, -0.25) is 19.5 Å². The molecule has 1 aliphatic rings. The van der Waals surface area contributed by atoms with Crippen LogP contribution in [0.25, 0.3) is 6.08 Å². The number of nitro benzene ring substituents is 1. The third kappa shape index (κ3) is 5.59. The van der Waals surface area contributed by atoms with Crippen LogP contribution in [0, 0.1) is 10.1 Å². The van der Waals surface area contributed by atoms with E-state index in [4.69, 9.17) is 14.2 Å². The number of nitro groups is 1. The topological polar surface area (TPSA) is 122 Å². The Balaban J connectivity index is 1.59. The average Bonchev–Trinajstić information content (AvgIpc) is 3.30. The lowest BCUT2D eigenvalue weighted by Gasteiger charge is -2.24. The Morgan fingerprint density at radius 3 is 2.50 bits per heavy atom. The molecule has 0 saturated carbocycles. The largest absolute Gasteiger partial charge is 0.493 e. The van der Waals surface area contributed by atoms with Crippen LogP contribution in [0.3, 0.4) is 0 Å². The van der Waals surface area contributed by atoms with Crippen LogP contribution in [0.15, 0.2) is 93.9 Å². The number of benzene rings is 3. The Labute approximate surface area is 244 Å². The van der Waals surface area contributed by atoms with Crippen LogP contribution in [0.1, 0.15) is 36.6 Å². The van der Waals surface area contributed by atoms with Crippen LogP contribution in [0.5, 0.6) is 11.5 Å². The van der Waals surface area contributed by atoms with E-state index in [1.54, 1.807) is 50.3 Å². The molecule has 0 spiro atoms. The second-order valence-corrected chi connectivity index (χ2v) is 10.3. The maximum atomic E-state index is 13.9. The fraction of sp³-hybridized carbons (Fsp3) is 0.194. The van der Waals surface area contributed by atoms with Gasteiger partial charge in [-0.05, 0) is 49.2 Å². The molecule has 0 aliphatic carbocycles. The molecular formula is C31H27N3O7S. The number of carbonyl (C=O) groups is 1. The number of carbonyl (C=O) groups excluding carboxylic acids is 1. The van der Waals surface area contributed by atoms with Crippen molar-refractivity contribution < 1.29 is 23.9 Å². The van der Waals surface area contributed by atoms with Gasteiger partial charge in [0.15, 0.2) is 16.3 Å². The smallest absolute Gasteiger partial charge is 0.338 e. The molecule has 214 valence electrons. The van der Waals surface area contributed by atoms with Crippen LogP contribution in [0.2, 0.25) is 0 Å². The van der Waals surface area contributed by atoms with Crippen molar-refractivity contribution in [3.05, 3.63) is 131 Å². The van der Waals surface area contributed by atoms with E-state index in [1.165, 1.54) is 35.1 Å². The molecule has 1 aromatic heterocycles. The number of ether oxygens (including phenoxy) is 3. The van der Waals surface area contributed by atoms with Crippen molar-refractivity contribution in [1.29, 1.82) is 0 Å². The van der Waals surface area contributed by atoms with Crippen molar-refractivity contribution in [3.8, 4) is 11.5 Å². The Morgan fingerprint density at radius 2 is 1.83 bits per heavy atom. The zero-order chi connectivity index (χ0) is 29.8. The minimum Gasteiger partial charge on any atom is -0.493 e. The van der Waals surface area contributed by atoms with Crippen molar-refractivity contribution in [3.63, 3.8) is 0 Å². The Hall–Kier alpha value is -5.03. The predicted molar refractivity (Wildman–Crippen MR) is 157 cm³/mol. The average molecular weight is 586 g/mol. The number of hydrogen-bond acceptors (Lipinski definition) is 9. The fourth-order valence-electron chi connectivity index (χ4n) is 4.71. The molecule has 42 heavy (non-hydrogen) atoms. The zero-order valence-electron chi connectivity index (χ0n) is 23.1. The van der Waals surface area contributed by atoms with E-state index in [0.717, 1.165) is 11.1 Å². The first-order chi connectivity index (χ1) is 20.3. The molecule has 0 bridgehead atoms. The molecule has 4 aromatic rings. The lowest BCUT2D eigenvalue weighted by atomic mass is 9.96. The van der Waals surface area contributed by atoms with Gasteiger partial charge in [0.05, 0.1) is 40.5 Å². The number of non-ortho nitro benzene ring substituents is 1. The number of aromatic nitrogens is 1. The molecule has 0 N–H and O–H groups in total. The van der Waals surface area contributed by atoms with Gasteiger partial charge in [-0.15, -0.1) is 0 Å². The maximum Gasteiger partial charge on any atom is 0.338 e. The van der Waals surface area contributed by atoms with Gasteiger partial charge in [-0.2, -0.15) is 0 Å². The summed E-state index contributed by atoms with van der Waals surface area (Å²) >= 11 is 1.21. The minimum absolute atomic E-state index is 0.0118. The first-order valence-electron chi connectivity index (χ1n) is 13.1. The first kappa shape index (κ1) is 28.5. The summed E-state index contributed by atoms with van der Waals surface area (Å²) in [6.45, 7) is 3.79. The van der Waals surface area contributed by atoms with Gasteiger partial charge in [-0.25, -0.2) is 9.79 Å². The highest BCUT2D eigenvalue weighted by Gasteiger charge is 2.33. The summed E-state index contributed by atoms with van der Waals surface area (Å²) in [5, 5.41) is 11.0. The van der Waals surface area contributed by atoms with Crippen LogP contribution in [-0.4, -0.2) is 29.2 Å². The molecule has 0 saturated heterocycles. The Bertz CT molecular complexity index is 1860. The van der Waals surface area contributed by atoms with Crippen LogP contribution < -0.4 is 24.4 Å². The highest BCUT2D eigenvalue weighted by Crippen LogP contribution is 2.33. The number of esters is 1. The molecule has 1 atom stereocenters. The Morgan fingerprint density at radius 1 is 1.10 bits per heavy atom. The minimum atomic E-state index is -0.702. The lowest BCUT2D eigenvalue weighted by Crippen LogP contribution is -2.39. The molecule has 1 aliphatic heterocycles. The number of fused-ring (bicyclic) bond motifs is 1. The van der Waals surface area contributed by atoms with Crippen molar-refractivity contribution in [2.45, 2.75) is 26.5 Å². The molecule has 10 nitrogen and oxygen atoms in total. The molecule has 5 rings (SSSR count). The van der Waals surface area contributed by atoms with E-state index in [0.29, 0.717) is 37.7 Å². The summed E-state index contributed by atoms with van der Waals surface area (Å²) in [5.41, 5.74) is 2.56. The third-order valence-electron chi connectivity index (χ3n) is 6.68. The summed E-state index contributed by atoms with van der Waals surface area (Å²) in [6, 6.07) is 20.0.